The quantitative estimate of drug-likeness (QED) is 0.707. The molecule has 0 fully saturated rings. The average Bonchev–Trinajstić information content (AvgIpc) is 2.40. The summed E-state index contributed by atoms with van der Waals surface area (Å²) >= 11 is 6.99. The first-order valence-electron chi connectivity index (χ1n) is 6.44. The Morgan fingerprint density at radius 2 is 1.90 bits per heavy atom. The second-order valence-corrected chi connectivity index (χ2v) is 6.64. The van der Waals surface area contributed by atoms with Gasteiger partial charge in [-0.15, -0.1) is 0 Å². The summed E-state index contributed by atoms with van der Waals surface area (Å²) in [5, 5.41) is 12.5. The van der Waals surface area contributed by atoms with Gasteiger partial charge in [0.05, 0.1) is 5.56 Å². The van der Waals surface area contributed by atoms with Crippen molar-refractivity contribution in [2.45, 2.75) is 19.9 Å². The SMILES string of the molecule is Cc1ccc(C(=O)O)cc1NC(C)c1ccc(Br)cc1Br. The van der Waals surface area contributed by atoms with Crippen molar-refractivity contribution < 1.29 is 9.90 Å². The molecule has 2 rings (SSSR count). The molecule has 1 unspecified atom stereocenters. The Kier molecular flexibility index (Phi) is 5.06. The summed E-state index contributed by atoms with van der Waals surface area (Å²) in [6.07, 6.45) is 0. The van der Waals surface area contributed by atoms with Gasteiger partial charge in [0.2, 0.25) is 0 Å². The van der Waals surface area contributed by atoms with Crippen molar-refractivity contribution in [1.82, 2.24) is 0 Å². The van der Waals surface area contributed by atoms with E-state index in [-0.39, 0.29) is 11.6 Å². The molecule has 2 aromatic carbocycles. The van der Waals surface area contributed by atoms with Crippen LogP contribution in [0.5, 0.6) is 0 Å². The predicted molar refractivity (Wildman–Crippen MR) is 92.0 cm³/mol. The number of carbonyl (C=O) groups is 1. The zero-order valence-corrected chi connectivity index (χ0v) is 14.8. The highest BCUT2D eigenvalue weighted by molar-refractivity contribution is 9.11. The molecule has 0 radical (unpaired) electrons. The summed E-state index contributed by atoms with van der Waals surface area (Å²) in [7, 11) is 0. The third-order valence-corrected chi connectivity index (χ3v) is 4.47. The van der Waals surface area contributed by atoms with E-state index < -0.39 is 5.97 Å². The maximum absolute atomic E-state index is 11.1. The van der Waals surface area contributed by atoms with E-state index >= 15 is 0 Å². The number of hydrogen-bond donors (Lipinski definition) is 2. The van der Waals surface area contributed by atoms with Crippen LogP contribution in [-0.4, -0.2) is 11.1 Å². The fourth-order valence-electron chi connectivity index (χ4n) is 2.07. The minimum absolute atomic E-state index is 0.0511. The van der Waals surface area contributed by atoms with Crippen LogP contribution in [0.1, 0.15) is 34.5 Å². The standard InChI is InChI=1S/C16H15Br2NO2/c1-9-3-4-11(16(20)21)7-15(9)19-10(2)13-6-5-12(17)8-14(13)18/h3-8,10,19H,1-2H3,(H,20,21). The zero-order chi connectivity index (χ0) is 15.6. The summed E-state index contributed by atoms with van der Waals surface area (Å²) in [6, 6.07) is 11.2. The fraction of sp³-hybridized carbons (Fsp3) is 0.188. The van der Waals surface area contributed by atoms with Gasteiger partial charge in [0.25, 0.3) is 0 Å². The molecular formula is C16H15Br2NO2. The number of nitrogens with one attached hydrogen (secondary N) is 1. The van der Waals surface area contributed by atoms with Crippen LogP contribution in [0, 0.1) is 6.92 Å². The van der Waals surface area contributed by atoms with Crippen molar-refractivity contribution in [3.8, 4) is 0 Å². The van der Waals surface area contributed by atoms with Crippen LogP contribution < -0.4 is 5.32 Å². The number of halogens is 2. The van der Waals surface area contributed by atoms with Crippen LogP contribution >= 0.6 is 31.9 Å². The van der Waals surface area contributed by atoms with Crippen molar-refractivity contribution in [3.05, 3.63) is 62.0 Å². The zero-order valence-electron chi connectivity index (χ0n) is 11.7. The third-order valence-electron chi connectivity index (χ3n) is 3.29. The number of aromatic carboxylic acids is 1. The number of aryl methyl sites for hydroxylation is 1. The van der Waals surface area contributed by atoms with Gasteiger partial charge in [-0.3, -0.25) is 0 Å². The molecule has 0 bridgehead atoms. The lowest BCUT2D eigenvalue weighted by atomic mass is 10.1. The van der Waals surface area contributed by atoms with Crippen LogP contribution in [0.2, 0.25) is 0 Å². The molecular weight excluding hydrogens is 398 g/mol. The van der Waals surface area contributed by atoms with E-state index in [0.717, 1.165) is 25.8 Å². The molecule has 0 aliphatic rings. The van der Waals surface area contributed by atoms with E-state index in [4.69, 9.17) is 5.11 Å². The topological polar surface area (TPSA) is 49.3 Å². The van der Waals surface area contributed by atoms with Gasteiger partial charge in [-0.05, 0) is 49.2 Å². The predicted octanol–water partition coefficient (Wildman–Crippen LogP) is 5.39. The minimum atomic E-state index is -0.921. The van der Waals surface area contributed by atoms with Gasteiger partial charge in [-0.2, -0.15) is 0 Å². The molecule has 0 saturated carbocycles. The van der Waals surface area contributed by atoms with E-state index in [2.05, 4.69) is 37.2 Å². The lowest BCUT2D eigenvalue weighted by molar-refractivity contribution is 0.0697. The molecule has 0 aromatic heterocycles. The Balaban J connectivity index is 2.28. The molecule has 3 nitrogen and oxygen atoms in total. The van der Waals surface area contributed by atoms with Crippen molar-refractivity contribution in [3.63, 3.8) is 0 Å². The van der Waals surface area contributed by atoms with Crippen LogP contribution in [0.3, 0.4) is 0 Å². The summed E-state index contributed by atoms with van der Waals surface area (Å²) in [6.45, 7) is 4.00. The van der Waals surface area contributed by atoms with E-state index in [0.29, 0.717) is 0 Å². The molecule has 0 amide bonds. The minimum Gasteiger partial charge on any atom is -0.478 e. The summed E-state index contributed by atoms with van der Waals surface area (Å²) in [4.78, 5) is 11.1. The molecule has 0 aliphatic heterocycles. The Hall–Kier alpha value is -1.33. The smallest absolute Gasteiger partial charge is 0.335 e. The molecule has 0 heterocycles. The average molecular weight is 413 g/mol. The van der Waals surface area contributed by atoms with Crippen LogP contribution in [0.15, 0.2) is 45.3 Å². The van der Waals surface area contributed by atoms with Gasteiger partial charge >= 0.3 is 5.97 Å². The van der Waals surface area contributed by atoms with E-state index in [9.17, 15) is 4.79 Å². The highest BCUT2D eigenvalue weighted by Gasteiger charge is 2.12. The van der Waals surface area contributed by atoms with Gasteiger partial charge in [-0.1, -0.05) is 44.0 Å². The fourth-order valence-corrected chi connectivity index (χ4v) is 3.46. The Morgan fingerprint density at radius 3 is 2.52 bits per heavy atom. The maximum Gasteiger partial charge on any atom is 0.335 e. The lowest BCUT2D eigenvalue weighted by Gasteiger charge is -2.19. The number of rotatable bonds is 4. The van der Waals surface area contributed by atoms with Crippen molar-refractivity contribution in [1.29, 1.82) is 0 Å². The first-order valence-corrected chi connectivity index (χ1v) is 8.02. The van der Waals surface area contributed by atoms with E-state index in [1.54, 1.807) is 12.1 Å². The molecule has 1 atom stereocenters. The summed E-state index contributed by atoms with van der Waals surface area (Å²) in [5.74, 6) is -0.921. The molecule has 5 heteroatoms. The second kappa shape index (κ2) is 6.62. The van der Waals surface area contributed by atoms with Gasteiger partial charge in [-0.25, -0.2) is 4.79 Å². The first-order chi connectivity index (χ1) is 9.88. The van der Waals surface area contributed by atoms with Gasteiger partial charge in [0.1, 0.15) is 0 Å². The Morgan fingerprint density at radius 1 is 1.19 bits per heavy atom. The molecule has 0 saturated heterocycles. The van der Waals surface area contributed by atoms with Crippen molar-refractivity contribution in [2.24, 2.45) is 0 Å². The van der Waals surface area contributed by atoms with E-state index in [1.165, 1.54) is 0 Å². The second-order valence-electron chi connectivity index (χ2n) is 4.87. The molecule has 21 heavy (non-hydrogen) atoms. The normalized spacial score (nSPS) is 12.0. The molecule has 2 N–H and O–H groups in total. The van der Waals surface area contributed by atoms with Gasteiger partial charge in [0.15, 0.2) is 0 Å². The lowest BCUT2D eigenvalue weighted by Crippen LogP contribution is -2.09. The summed E-state index contributed by atoms with van der Waals surface area (Å²) in [5.41, 5.74) is 3.24. The number of benzene rings is 2. The third kappa shape index (κ3) is 3.86. The van der Waals surface area contributed by atoms with Crippen molar-refractivity contribution in [2.75, 3.05) is 5.32 Å². The number of anilines is 1. The van der Waals surface area contributed by atoms with E-state index in [1.807, 2.05) is 38.1 Å². The van der Waals surface area contributed by atoms with Crippen molar-refractivity contribution >= 4 is 43.5 Å². The van der Waals surface area contributed by atoms with Gasteiger partial charge in [0, 0.05) is 20.7 Å². The number of hydrogen-bond acceptors (Lipinski definition) is 2. The summed E-state index contributed by atoms with van der Waals surface area (Å²) < 4.78 is 2.01. The maximum atomic E-state index is 11.1. The number of carboxylic acids is 1. The Bertz CT molecular complexity index is 686. The van der Waals surface area contributed by atoms with Gasteiger partial charge < -0.3 is 10.4 Å². The molecule has 0 spiro atoms. The highest BCUT2D eigenvalue weighted by atomic mass is 79.9. The van der Waals surface area contributed by atoms with Crippen LogP contribution in [-0.2, 0) is 0 Å². The number of carboxylic acid groups (broad SMARTS) is 1. The van der Waals surface area contributed by atoms with Crippen LogP contribution in [0.4, 0.5) is 5.69 Å². The van der Waals surface area contributed by atoms with Crippen LogP contribution in [0.25, 0.3) is 0 Å². The largest absolute Gasteiger partial charge is 0.478 e. The molecule has 2 aromatic rings. The monoisotopic (exact) mass is 411 g/mol. The molecule has 0 aliphatic carbocycles. The molecule has 110 valence electrons. The Labute approximate surface area is 140 Å². The highest BCUT2D eigenvalue weighted by Crippen LogP contribution is 2.30. The first kappa shape index (κ1) is 16.0.